The van der Waals surface area contributed by atoms with Crippen molar-refractivity contribution in [2.24, 2.45) is 0 Å². The molecule has 0 aromatic heterocycles. The molecule has 0 rings (SSSR count). The molecular formula is C9H19NO2PS+. The molecule has 0 amide bonds. The fourth-order valence-corrected chi connectivity index (χ4v) is 1.99. The van der Waals surface area contributed by atoms with Gasteiger partial charge >= 0.3 is 5.97 Å². The van der Waals surface area contributed by atoms with E-state index in [0.717, 1.165) is 0 Å². The molecule has 0 aliphatic rings. The number of carbonyl (C=O) groups is 1. The summed E-state index contributed by atoms with van der Waals surface area (Å²) in [6, 6.07) is -0.302. The Morgan fingerprint density at radius 1 is 1.29 bits per heavy atom. The fraction of sp³-hybridized carbons (Fsp3) is 0.889. The number of esters is 1. The van der Waals surface area contributed by atoms with Crippen molar-refractivity contribution in [1.82, 2.24) is 5.09 Å². The molecule has 0 spiro atoms. The molecule has 0 saturated heterocycles. The predicted octanol–water partition coefficient (Wildman–Crippen LogP) is 2.18. The van der Waals surface area contributed by atoms with Crippen LogP contribution in [-0.4, -0.2) is 23.8 Å². The Hall–Kier alpha value is -0.0500. The average molecular weight is 236 g/mol. The lowest BCUT2D eigenvalue weighted by molar-refractivity contribution is -0.148. The van der Waals surface area contributed by atoms with E-state index in [9.17, 15) is 4.79 Å². The molecule has 0 fully saturated rings. The van der Waals surface area contributed by atoms with Crippen LogP contribution in [0.4, 0.5) is 0 Å². The topological polar surface area (TPSA) is 38.3 Å². The predicted molar refractivity (Wildman–Crippen MR) is 63.2 cm³/mol. The fourth-order valence-electron chi connectivity index (χ4n) is 0.727. The van der Waals surface area contributed by atoms with Gasteiger partial charge in [-0.05, 0) is 34.6 Å². The lowest BCUT2D eigenvalue weighted by Gasteiger charge is -2.11. The summed E-state index contributed by atoms with van der Waals surface area (Å²) in [4.78, 5) is 11.4. The van der Waals surface area contributed by atoms with Crippen molar-refractivity contribution in [3.63, 3.8) is 0 Å². The number of ether oxygens (including phenoxy) is 1. The largest absolute Gasteiger partial charge is 0.462 e. The van der Waals surface area contributed by atoms with Gasteiger partial charge in [0.15, 0.2) is 11.8 Å². The van der Waals surface area contributed by atoms with Gasteiger partial charge in [0.1, 0.15) is 11.7 Å². The van der Waals surface area contributed by atoms with Crippen molar-refractivity contribution in [2.45, 2.75) is 52.4 Å². The quantitative estimate of drug-likeness (QED) is 0.586. The summed E-state index contributed by atoms with van der Waals surface area (Å²) < 4.78 is 5.06. The molecule has 0 radical (unpaired) electrons. The van der Waals surface area contributed by atoms with Gasteiger partial charge in [-0.15, -0.1) is 5.09 Å². The zero-order valence-corrected chi connectivity index (χ0v) is 11.1. The average Bonchev–Trinajstić information content (AvgIpc) is 2.02. The van der Waals surface area contributed by atoms with Crippen LogP contribution in [0.15, 0.2) is 0 Å². The normalized spacial score (nSPS) is 14.4. The lowest BCUT2D eigenvalue weighted by atomic mass is 10.4. The second-order valence-electron chi connectivity index (χ2n) is 3.76. The first-order valence-electron chi connectivity index (χ1n) is 4.77. The van der Waals surface area contributed by atoms with E-state index < -0.39 is 6.85 Å². The van der Waals surface area contributed by atoms with Gasteiger partial charge < -0.3 is 4.74 Å². The molecule has 0 saturated carbocycles. The van der Waals surface area contributed by atoms with Crippen molar-refractivity contribution >= 4 is 24.6 Å². The minimum Gasteiger partial charge on any atom is -0.462 e. The highest BCUT2D eigenvalue weighted by Gasteiger charge is 2.24. The summed E-state index contributed by atoms with van der Waals surface area (Å²) in [5.41, 5.74) is 0.397. The van der Waals surface area contributed by atoms with E-state index in [1.54, 1.807) is 6.92 Å². The van der Waals surface area contributed by atoms with Crippen LogP contribution in [0.25, 0.3) is 0 Å². The van der Waals surface area contributed by atoms with Gasteiger partial charge in [-0.1, -0.05) is 0 Å². The molecule has 82 valence electrons. The molecule has 14 heavy (non-hydrogen) atoms. The summed E-state index contributed by atoms with van der Waals surface area (Å²) in [6.07, 6.45) is -0.0675. The molecular weight excluding hydrogens is 217 g/mol. The number of nitrogens with one attached hydrogen (secondary N) is 1. The van der Waals surface area contributed by atoms with Crippen LogP contribution in [0.3, 0.4) is 0 Å². The monoisotopic (exact) mass is 236 g/mol. The van der Waals surface area contributed by atoms with Crippen molar-refractivity contribution in [3.8, 4) is 0 Å². The van der Waals surface area contributed by atoms with E-state index in [-0.39, 0.29) is 18.1 Å². The highest BCUT2D eigenvalue weighted by atomic mass is 32.4. The first kappa shape index (κ1) is 13.9. The van der Waals surface area contributed by atoms with Gasteiger partial charge in [-0.3, -0.25) is 4.79 Å². The zero-order chi connectivity index (χ0) is 11.3. The Balaban J connectivity index is 4.01. The molecule has 3 nitrogen and oxygen atoms in total. The van der Waals surface area contributed by atoms with Crippen LogP contribution >= 0.6 is 6.85 Å². The summed E-state index contributed by atoms with van der Waals surface area (Å²) >= 11 is 5.22. The first-order valence-corrected chi connectivity index (χ1v) is 7.20. The van der Waals surface area contributed by atoms with Crippen molar-refractivity contribution in [3.05, 3.63) is 0 Å². The van der Waals surface area contributed by atoms with Crippen LogP contribution in [0.5, 0.6) is 0 Å². The van der Waals surface area contributed by atoms with Crippen LogP contribution in [0, 0.1) is 0 Å². The number of hydrogen-bond donors (Lipinski definition) is 1. The van der Waals surface area contributed by atoms with Crippen LogP contribution < -0.4 is 5.09 Å². The minimum absolute atomic E-state index is 0.0675. The van der Waals surface area contributed by atoms with E-state index in [1.807, 2.05) is 27.7 Å². The first-order chi connectivity index (χ1) is 6.34. The SMILES string of the molecule is CC(C)OC(=O)[C@H](C)N[P+](=S)C(C)C. The van der Waals surface area contributed by atoms with Gasteiger partial charge in [-0.25, -0.2) is 0 Å². The zero-order valence-electron chi connectivity index (χ0n) is 9.40. The van der Waals surface area contributed by atoms with E-state index in [1.165, 1.54) is 0 Å². The second-order valence-corrected chi connectivity index (χ2v) is 6.88. The standard InChI is InChI=1S/C9H19NO2PS/c1-6(2)12-9(11)8(5)10-13(14)7(3)4/h6-8H,1-5H3,(H,10,14)/q+1/t8-/m0/s1. The summed E-state index contributed by atoms with van der Waals surface area (Å²) in [5, 5.41) is 3.09. The number of hydrogen-bond acceptors (Lipinski definition) is 3. The molecule has 0 heterocycles. The third kappa shape index (κ3) is 5.63. The van der Waals surface area contributed by atoms with E-state index in [0.29, 0.717) is 5.66 Å². The Labute approximate surface area is 92.1 Å². The van der Waals surface area contributed by atoms with Gasteiger partial charge in [0.25, 0.3) is 6.85 Å². The molecule has 0 aromatic carbocycles. The Kier molecular flexibility index (Phi) is 6.41. The third-order valence-corrected chi connectivity index (χ3v) is 4.66. The molecule has 0 aromatic rings. The molecule has 1 unspecified atom stereocenters. The Morgan fingerprint density at radius 3 is 2.14 bits per heavy atom. The molecule has 0 aliphatic carbocycles. The highest BCUT2D eigenvalue weighted by Crippen LogP contribution is 2.23. The molecule has 0 aliphatic heterocycles. The minimum atomic E-state index is -0.704. The number of carbonyl (C=O) groups excluding carboxylic acids is 1. The van der Waals surface area contributed by atoms with Crippen molar-refractivity contribution in [2.75, 3.05) is 0 Å². The van der Waals surface area contributed by atoms with E-state index >= 15 is 0 Å². The van der Waals surface area contributed by atoms with Crippen LogP contribution in [0.1, 0.15) is 34.6 Å². The maximum absolute atomic E-state index is 11.4. The summed E-state index contributed by atoms with van der Waals surface area (Å²) in [5.74, 6) is -0.224. The van der Waals surface area contributed by atoms with Crippen LogP contribution in [-0.2, 0) is 21.3 Å². The summed E-state index contributed by atoms with van der Waals surface area (Å²) in [7, 11) is 0. The van der Waals surface area contributed by atoms with Crippen LogP contribution in [0.2, 0.25) is 0 Å². The van der Waals surface area contributed by atoms with E-state index in [4.69, 9.17) is 16.5 Å². The molecule has 2 atom stereocenters. The number of rotatable bonds is 5. The van der Waals surface area contributed by atoms with E-state index in [2.05, 4.69) is 5.09 Å². The summed E-state index contributed by atoms with van der Waals surface area (Å²) in [6.45, 7) is 8.85. The lowest BCUT2D eigenvalue weighted by Crippen LogP contribution is -2.33. The van der Waals surface area contributed by atoms with Gasteiger partial charge in [0.2, 0.25) is 0 Å². The van der Waals surface area contributed by atoms with Gasteiger partial charge in [0.05, 0.1) is 6.10 Å². The second kappa shape index (κ2) is 6.44. The molecule has 5 heteroatoms. The smallest absolute Gasteiger partial charge is 0.327 e. The maximum atomic E-state index is 11.4. The molecule has 0 bridgehead atoms. The highest BCUT2D eigenvalue weighted by molar-refractivity contribution is 8.04. The van der Waals surface area contributed by atoms with Gasteiger partial charge in [-0.2, -0.15) is 0 Å². The Morgan fingerprint density at radius 2 is 1.79 bits per heavy atom. The maximum Gasteiger partial charge on any atom is 0.327 e. The third-order valence-electron chi connectivity index (χ3n) is 1.50. The van der Waals surface area contributed by atoms with Gasteiger partial charge in [0, 0.05) is 0 Å². The van der Waals surface area contributed by atoms with Crippen molar-refractivity contribution < 1.29 is 9.53 Å². The Bertz CT molecular complexity index is 219. The van der Waals surface area contributed by atoms with Crippen molar-refractivity contribution in [1.29, 1.82) is 0 Å². The molecule has 1 N–H and O–H groups in total.